The molecule has 0 heterocycles. The Hall–Kier alpha value is -1.90. The van der Waals surface area contributed by atoms with Gasteiger partial charge in [-0.15, -0.1) is 0 Å². The average molecular weight is 345 g/mol. The molecule has 2 rings (SSSR count). The van der Waals surface area contributed by atoms with Crippen LogP contribution in [0.5, 0.6) is 0 Å². The van der Waals surface area contributed by atoms with Crippen LogP contribution < -0.4 is 4.72 Å². The molecule has 2 aromatic rings. The van der Waals surface area contributed by atoms with E-state index in [-0.39, 0.29) is 0 Å². The summed E-state index contributed by atoms with van der Waals surface area (Å²) in [7, 11) is -4.30. The molecule has 0 radical (unpaired) electrons. The molecule has 124 valence electrons. The predicted molar refractivity (Wildman–Crippen MR) is 77.5 cm³/mol. The van der Waals surface area contributed by atoms with Crippen molar-refractivity contribution in [3.8, 4) is 0 Å². The Balaban J connectivity index is 2.28. The Bertz CT molecular complexity index is 791. The molecule has 0 saturated carbocycles. The molecule has 0 aliphatic rings. The molecule has 0 unspecified atom stereocenters. The minimum absolute atomic E-state index is 0.618. The number of nitrogens with one attached hydrogen (secondary N) is 1. The van der Waals surface area contributed by atoms with Crippen molar-refractivity contribution in [2.45, 2.75) is 24.0 Å². The van der Waals surface area contributed by atoms with Crippen molar-refractivity contribution in [2.24, 2.45) is 0 Å². The van der Waals surface area contributed by atoms with E-state index in [4.69, 9.17) is 0 Å². The first-order valence-corrected chi connectivity index (χ1v) is 8.11. The average Bonchev–Trinajstić information content (AvgIpc) is 2.46. The highest BCUT2D eigenvalue weighted by Crippen LogP contribution is 2.24. The first-order chi connectivity index (χ1) is 10.7. The Morgan fingerprint density at radius 1 is 0.957 bits per heavy atom. The zero-order chi connectivity index (χ0) is 17.2. The van der Waals surface area contributed by atoms with Crippen molar-refractivity contribution in [1.82, 2.24) is 4.72 Å². The summed E-state index contributed by atoms with van der Waals surface area (Å²) in [5.74, 6) is -2.98. The van der Waals surface area contributed by atoms with Crippen LogP contribution in [0.1, 0.15) is 18.6 Å². The third kappa shape index (κ3) is 3.72. The highest BCUT2D eigenvalue weighted by molar-refractivity contribution is 7.89. The van der Waals surface area contributed by atoms with Gasteiger partial charge in [0, 0.05) is 6.04 Å². The largest absolute Gasteiger partial charge is 0.387 e. The van der Waals surface area contributed by atoms with Crippen LogP contribution in [0, 0.1) is 17.5 Å². The second-order valence-electron chi connectivity index (χ2n) is 4.92. The molecule has 0 aliphatic heterocycles. The lowest BCUT2D eigenvalue weighted by Crippen LogP contribution is -2.38. The van der Waals surface area contributed by atoms with E-state index in [2.05, 4.69) is 0 Å². The molecule has 0 aliphatic carbocycles. The van der Waals surface area contributed by atoms with Gasteiger partial charge in [-0.3, -0.25) is 0 Å². The fourth-order valence-electron chi connectivity index (χ4n) is 2.08. The van der Waals surface area contributed by atoms with Crippen molar-refractivity contribution in [2.75, 3.05) is 0 Å². The number of sulfonamides is 1. The van der Waals surface area contributed by atoms with Crippen LogP contribution >= 0.6 is 0 Å². The van der Waals surface area contributed by atoms with Gasteiger partial charge in [0.05, 0.1) is 5.56 Å². The monoisotopic (exact) mass is 345 g/mol. The topological polar surface area (TPSA) is 66.4 Å². The normalized spacial score (nSPS) is 14.5. The van der Waals surface area contributed by atoms with E-state index in [0.717, 1.165) is 30.3 Å². The van der Waals surface area contributed by atoms with E-state index in [1.807, 2.05) is 4.72 Å². The molecule has 0 saturated heterocycles. The fraction of sp³-hybridized carbons (Fsp3) is 0.200. The summed E-state index contributed by atoms with van der Waals surface area (Å²) in [6.07, 6.45) is -1.78. The summed E-state index contributed by atoms with van der Waals surface area (Å²) in [4.78, 5) is -0.618. The molecule has 0 bridgehead atoms. The Morgan fingerprint density at radius 2 is 1.48 bits per heavy atom. The van der Waals surface area contributed by atoms with E-state index in [9.17, 15) is 26.7 Å². The van der Waals surface area contributed by atoms with Crippen LogP contribution in [-0.2, 0) is 10.0 Å². The smallest absolute Gasteiger partial charge is 0.243 e. The van der Waals surface area contributed by atoms with Crippen LogP contribution in [0.25, 0.3) is 0 Å². The molecular weight excluding hydrogens is 331 g/mol. The summed E-state index contributed by atoms with van der Waals surface area (Å²) in [5, 5.41) is 10.0. The van der Waals surface area contributed by atoms with E-state index in [0.29, 0.717) is 0 Å². The highest BCUT2D eigenvalue weighted by atomic mass is 32.2. The van der Waals surface area contributed by atoms with Gasteiger partial charge in [0.2, 0.25) is 10.0 Å². The summed E-state index contributed by atoms with van der Waals surface area (Å²) >= 11 is 0. The zero-order valence-electron chi connectivity index (χ0n) is 12.0. The van der Waals surface area contributed by atoms with Gasteiger partial charge in [0.15, 0.2) is 0 Å². The maximum atomic E-state index is 13.6. The maximum Gasteiger partial charge on any atom is 0.243 e. The third-order valence-electron chi connectivity index (χ3n) is 3.24. The SMILES string of the molecule is C[C@H](NS(=O)(=O)c1ccccc1F)[C@@H](O)c1c(F)cccc1F. The van der Waals surface area contributed by atoms with E-state index in [1.54, 1.807) is 0 Å². The first kappa shape index (κ1) is 17.5. The molecule has 0 amide bonds. The van der Waals surface area contributed by atoms with Gasteiger partial charge < -0.3 is 5.11 Å². The molecule has 23 heavy (non-hydrogen) atoms. The van der Waals surface area contributed by atoms with Gasteiger partial charge in [0.25, 0.3) is 0 Å². The number of hydrogen-bond acceptors (Lipinski definition) is 3. The standard InChI is InChI=1S/C15H14F3NO3S/c1-9(15(20)14-11(17)6-4-7-12(14)18)19-23(21,22)13-8-3-2-5-10(13)16/h2-9,15,19-20H,1H3/t9-,15+/m0/s1. The van der Waals surface area contributed by atoms with E-state index >= 15 is 0 Å². The molecule has 2 aromatic carbocycles. The number of aliphatic hydroxyl groups is 1. The number of benzene rings is 2. The lowest BCUT2D eigenvalue weighted by molar-refractivity contribution is 0.137. The molecular formula is C15H14F3NO3S. The van der Waals surface area contributed by atoms with Crippen LogP contribution in [0.3, 0.4) is 0 Å². The second-order valence-corrected chi connectivity index (χ2v) is 6.60. The zero-order valence-corrected chi connectivity index (χ0v) is 12.8. The third-order valence-corrected chi connectivity index (χ3v) is 4.83. The number of rotatable bonds is 5. The first-order valence-electron chi connectivity index (χ1n) is 6.63. The molecule has 0 aromatic heterocycles. The van der Waals surface area contributed by atoms with Crippen molar-refractivity contribution in [1.29, 1.82) is 0 Å². The molecule has 2 atom stereocenters. The molecule has 2 N–H and O–H groups in total. The number of hydrogen-bond donors (Lipinski definition) is 2. The van der Waals surface area contributed by atoms with Gasteiger partial charge in [0.1, 0.15) is 28.5 Å². The van der Waals surface area contributed by atoms with Crippen LogP contribution in [0.15, 0.2) is 47.4 Å². The fourth-order valence-corrected chi connectivity index (χ4v) is 3.41. The van der Waals surface area contributed by atoms with Gasteiger partial charge >= 0.3 is 0 Å². The Kier molecular flexibility index (Phi) is 5.08. The van der Waals surface area contributed by atoms with Crippen LogP contribution in [0.4, 0.5) is 13.2 Å². The van der Waals surface area contributed by atoms with Crippen LogP contribution in [-0.4, -0.2) is 19.6 Å². The summed E-state index contributed by atoms with van der Waals surface area (Å²) in [5.41, 5.74) is -0.656. The quantitative estimate of drug-likeness (QED) is 0.875. The van der Waals surface area contributed by atoms with E-state index in [1.165, 1.54) is 19.1 Å². The molecule has 8 heteroatoms. The summed E-state index contributed by atoms with van der Waals surface area (Å²) < 4.78 is 67.1. The number of aliphatic hydroxyl groups excluding tert-OH is 1. The minimum Gasteiger partial charge on any atom is -0.387 e. The van der Waals surface area contributed by atoms with E-state index < -0.39 is 50.1 Å². The summed E-state index contributed by atoms with van der Waals surface area (Å²) in [6.45, 7) is 1.22. The van der Waals surface area contributed by atoms with Gasteiger partial charge in [-0.1, -0.05) is 18.2 Å². The number of halogens is 3. The second kappa shape index (κ2) is 6.69. The Labute approximate surface area is 131 Å². The minimum atomic E-state index is -4.30. The van der Waals surface area contributed by atoms with Crippen molar-refractivity contribution >= 4 is 10.0 Å². The van der Waals surface area contributed by atoms with Crippen molar-refractivity contribution in [3.05, 3.63) is 65.5 Å². The molecule has 4 nitrogen and oxygen atoms in total. The predicted octanol–water partition coefficient (Wildman–Crippen LogP) is 2.50. The highest BCUT2D eigenvalue weighted by Gasteiger charge is 2.28. The molecule has 0 fully saturated rings. The van der Waals surface area contributed by atoms with Gasteiger partial charge in [-0.2, -0.15) is 0 Å². The van der Waals surface area contributed by atoms with Crippen molar-refractivity contribution in [3.63, 3.8) is 0 Å². The van der Waals surface area contributed by atoms with Crippen molar-refractivity contribution < 1.29 is 26.7 Å². The lowest BCUT2D eigenvalue weighted by Gasteiger charge is -2.21. The maximum absolute atomic E-state index is 13.6. The van der Waals surface area contributed by atoms with Crippen LogP contribution in [0.2, 0.25) is 0 Å². The van der Waals surface area contributed by atoms with Gasteiger partial charge in [-0.25, -0.2) is 26.3 Å². The Morgan fingerprint density at radius 3 is 2.04 bits per heavy atom. The summed E-state index contributed by atoms with van der Waals surface area (Å²) in [6, 6.07) is 6.38. The lowest BCUT2D eigenvalue weighted by atomic mass is 10.0. The van der Waals surface area contributed by atoms with Gasteiger partial charge in [-0.05, 0) is 31.2 Å². The molecule has 0 spiro atoms.